The van der Waals surface area contributed by atoms with Crippen LogP contribution in [0.5, 0.6) is 0 Å². The fourth-order valence-corrected chi connectivity index (χ4v) is 2.55. The standard InChI is InChI=1S/C21H23N3O3/c1-14(23-20(26)16-5-3-2-4-6-16)19(25)22-13-15-7-9-17(10-8-15)21(27)24-18-11-12-18/h2-10,14,18H,11-13H2,1H3,(H,22,25)(H,23,26)(H,24,27). The topological polar surface area (TPSA) is 87.3 Å². The molecule has 1 aliphatic rings. The van der Waals surface area contributed by atoms with Crippen LogP contribution in [0.2, 0.25) is 0 Å². The molecular weight excluding hydrogens is 342 g/mol. The van der Waals surface area contributed by atoms with Gasteiger partial charge in [0.05, 0.1) is 0 Å². The second kappa shape index (κ2) is 8.49. The summed E-state index contributed by atoms with van der Waals surface area (Å²) in [7, 11) is 0. The molecule has 3 N–H and O–H groups in total. The van der Waals surface area contributed by atoms with E-state index in [0.717, 1.165) is 18.4 Å². The number of hydrogen-bond acceptors (Lipinski definition) is 3. The summed E-state index contributed by atoms with van der Waals surface area (Å²) in [5.74, 6) is -0.621. The molecule has 0 radical (unpaired) electrons. The molecule has 6 nitrogen and oxygen atoms in total. The van der Waals surface area contributed by atoms with Gasteiger partial charge in [0.1, 0.15) is 6.04 Å². The Morgan fingerprint density at radius 3 is 2.19 bits per heavy atom. The van der Waals surface area contributed by atoms with E-state index in [0.29, 0.717) is 23.7 Å². The third-order valence-corrected chi connectivity index (χ3v) is 4.37. The molecule has 140 valence electrons. The molecule has 0 saturated heterocycles. The van der Waals surface area contributed by atoms with Crippen LogP contribution in [-0.2, 0) is 11.3 Å². The van der Waals surface area contributed by atoms with E-state index in [2.05, 4.69) is 16.0 Å². The molecule has 3 rings (SSSR count). The third-order valence-electron chi connectivity index (χ3n) is 4.37. The molecule has 0 spiro atoms. The van der Waals surface area contributed by atoms with Gasteiger partial charge in [-0.3, -0.25) is 14.4 Å². The summed E-state index contributed by atoms with van der Waals surface area (Å²) in [6, 6.07) is 15.6. The van der Waals surface area contributed by atoms with E-state index in [1.54, 1.807) is 43.3 Å². The first-order valence-electron chi connectivity index (χ1n) is 9.06. The second-order valence-corrected chi connectivity index (χ2v) is 6.72. The van der Waals surface area contributed by atoms with Crippen molar-refractivity contribution in [2.75, 3.05) is 0 Å². The first kappa shape index (κ1) is 18.6. The van der Waals surface area contributed by atoms with Gasteiger partial charge in [-0.1, -0.05) is 30.3 Å². The maximum Gasteiger partial charge on any atom is 0.251 e. The SMILES string of the molecule is CC(NC(=O)c1ccccc1)C(=O)NCc1ccc(C(=O)NC2CC2)cc1. The van der Waals surface area contributed by atoms with Crippen LogP contribution >= 0.6 is 0 Å². The van der Waals surface area contributed by atoms with Crippen molar-refractivity contribution < 1.29 is 14.4 Å². The highest BCUT2D eigenvalue weighted by atomic mass is 16.2. The van der Waals surface area contributed by atoms with Crippen molar-refractivity contribution in [2.24, 2.45) is 0 Å². The lowest BCUT2D eigenvalue weighted by atomic mass is 10.1. The van der Waals surface area contributed by atoms with Crippen molar-refractivity contribution in [3.05, 3.63) is 71.3 Å². The molecule has 27 heavy (non-hydrogen) atoms. The molecule has 1 saturated carbocycles. The van der Waals surface area contributed by atoms with E-state index in [-0.39, 0.29) is 17.7 Å². The Hall–Kier alpha value is -3.15. The first-order valence-corrected chi connectivity index (χ1v) is 9.06. The van der Waals surface area contributed by atoms with Crippen molar-refractivity contribution in [3.8, 4) is 0 Å². The van der Waals surface area contributed by atoms with E-state index in [1.807, 2.05) is 18.2 Å². The average Bonchev–Trinajstić information content (AvgIpc) is 3.51. The Morgan fingerprint density at radius 2 is 1.56 bits per heavy atom. The second-order valence-electron chi connectivity index (χ2n) is 6.72. The quantitative estimate of drug-likeness (QED) is 0.701. The number of rotatable bonds is 7. The summed E-state index contributed by atoms with van der Waals surface area (Å²) < 4.78 is 0. The van der Waals surface area contributed by atoms with E-state index >= 15 is 0 Å². The Kier molecular flexibility index (Phi) is 5.86. The van der Waals surface area contributed by atoms with Crippen LogP contribution in [0, 0.1) is 0 Å². The minimum atomic E-state index is -0.652. The zero-order chi connectivity index (χ0) is 19.2. The number of carbonyl (C=O) groups excluding carboxylic acids is 3. The van der Waals surface area contributed by atoms with Gasteiger partial charge < -0.3 is 16.0 Å². The van der Waals surface area contributed by atoms with Gasteiger partial charge in [0.2, 0.25) is 5.91 Å². The van der Waals surface area contributed by atoms with Crippen molar-refractivity contribution in [3.63, 3.8) is 0 Å². The van der Waals surface area contributed by atoms with Gasteiger partial charge in [-0.25, -0.2) is 0 Å². The van der Waals surface area contributed by atoms with E-state index < -0.39 is 6.04 Å². The minimum absolute atomic E-state index is 0.0645. The molecule has 1 unspecified atom stereocenters. The van der Waals surface area contributed by atoms with Crippen LogP contribution in [0.1, 0.15) is 46.0 Å². The van der Waals surface area contributed by atoms with Gasteiger partial charge >= 0.3 is 0 Å². The number of amides is 3. The summed E-state index contributed by atoms with van der Waals surface area (Å²) in [6.07, 6.45) is 2.10. The number of hydrogen-bond donors (Lipinski definition) is 3. The number of nitrogens with one attached hydrogen (secondary N) is 3. The number of benzene rings is 2. The van der Waals surface area contributed by atoms with Gasteiger partial charge in [0.25, 0.3) is 11.8 Å². The fourth-order valence-electron chi connectivity index (χ4n) is 2.55. The van der Waals surface area contributed by atoms with Crippen LogP contribution in [0.3, 0.4) is 0 Å². The summed E-state index contributed by atoms with van der Waals surface area (Å²) in [5.41, 5.74) is 2.01. The third kappa shape index (κ3) is 5.41. The van der Waals surface area contributed by atoms with E-state index in [4.69, 9.17) is 0 Å². The normalized spacial score (nSPS) is 14.1. The molecule has 1 aliphatic carbocycles. The molecule has 2 aromatic rings. The molecule has 0 bridgehead atoms. The molecule has 3 amide bonds. The zero-order valence-electron chi connectivity index (χ0n) is 15.2. The summed E-state index contributed by atoms with van der Waals surface area (Å²) >= 11 is 0. The summed E-state index contributed by atoms with van der Waals surface area (Å²) in [4.78, 5) is 36.2. The molecule has 2 aromatic carbocycles. The van der Waals surface area contributed by atoms with Crippen LogP contribution < -0.4 is 16.0 Å². The van der Waals surface area contributed by atoms with Gasteiger partial charge in [-0.2, -0.15) is 0 Å². The van der Waals surface area contributed by atoms with Crippen molar-refractivity contribution in [2.45, 2.75) is 38.4 Å². The maximum atomic E-state index is 12.2. The first-order chi connectivity index (χ1) is 13.0. The highest BCUT2D eigenvalue weighted by Crippen LogP contribution is 2.19. The Balaban J connectivity index is 1.46. The smallest absolute Gasteiger partial charge is 0.251 e. The molecular formula is C21H23N3O3. The predicted octanol–water partition coefficient (Wildman–Crippen LogP) is 2.01. The predicted molar refractivity (Wildman–Crippen MR) is 102 cm³/mol. The Morgan fingerprint density at radius 1 is 0.926 bits per heavy atom. The van der Waals surface area contributed by atoms with Crippen molar-refractivity contribution in [1.82, 2.24) is 16.0 Å². The van der Waals surface area contributed by atoms with Gasteiger partial charge in [-0.05, 0) is 49.6 Å². The summed E-state index contributed by atoms with van der Waals surface area (Å²) in [6.45, 7) is 1.97. The van der Waals surface area contributed by atoms with Gasteiger partial charge in [0, 0.05) is 23.7 Å². The number of carbonyl (C=O) groups is 3. The summed E-state index contributed by atoms with van der Waals surface area (Å²) in [5, 5.41) is 8.41. The monoisotopic (exact) mass is 365 g/mol. The van der Waals surface area contributed by atoms with Crippen LogP contribution in [0.15, 0.2) is 54.6 Å². The average molecular weight is 365 g/mol. The van der Waals surface area contributed by atoms with Crippen LogP contribution in [0.25, 0.3) is 0 Å². The molecule has 0 aromatic heterocycles. The molecule has 6 heteroatoms. The molecule has 1 atom stereocenters. The molecule has 0 aliphatic heterocycles. The lowest BCUT2D eigenvalue weighted by Crippen LogP contribution is -2.44. The van der Waals surface area contributed by atoms with Gasteiger partial charge in [0.15, 0.2) is 0 Å². The zero-order valence-corrected chi connectivity index (χ0v) is 15.2. The molecule has 1 fully saturated rings. The van der Waals surface area contributed by atoms with Crippen molar-refractivity contribution in [1.29, 1.82) is 0 Å². The van der Waals surface area contributed by atoms with E-state index in [9.17, 15) is 14.4 Å². The highest BCUT2D eigenvalue weighted by Gasteiger charge is 2.23. The minimum Gasteiger partial charge on any atom is -0.350 e. The lowest BCUT2D eigenvalue weighted by Gasteiger charge is -2.14. The van der Waals surface area contributed by atoms with Crippen molar-refractivity contribution >= 4 is 17.7 Å². The van der Waals surface area contributed by atoms with Crippen LogP contribution in [-0.4, -0.2) is 29.8 Å². The fraction of sp³-hybridized carbons (Fsp3) is 0.286. The van der Waals surface area contributed by atoms with E-state index in [1.165, 1.54) is 0 Å². The van der Waals surface area contributed by atoms with Gasteiger partial charge in [-0.15, -0.1) is 0 Å². The maximum absolute atomic E-state index is 12.2. The highest BCUT2D eigenvalue weighted by molar-refractivity contribution is 5.97. The van der Waals surface area contributed by atoms with Crippen LogP contribution in [0.4, 0.5) is 0 Å². The Labute approximate surface area is 158 Å². The largest absolute Gasteiger partial charge is 0.350 e. The Bertz CT molecular complexity index is 814. The molecule has 0 heterocycles. The lowest BCUT2D eigenvalue weighted by molar-refractivity contribution is -0.122.